The number of H-pyrrole nitrogens is 1. The number of rotatable bonds is 3. The number of aromatic nitrogens is 1. The predicted molar refractivity (Wildman–Crippen MR) is 69.7 cm³/mol. The average Bonchev–Trinajstić information content (AvgIpc) is 2.30. The van der Waals surface area contributed by atoms with Crippen molar-refractivity contribution in [2.75, 3.05) is 11.0 Å². The minimum absolute atomic E-state index is 0.134. The number of aromatic amines is 1. The first-order valence-corrected chi connectivity index (χ1v) is 7.34. The zero-order valence-corrected chi connectivity index (χ0v) is 11.3. The van der Waals surface area contributed by atoms with Crippen molar-refractivity contribution in [2.24, 2.45) is 0 Å². The highest BCUT2D eigenvalue weighted by atomic mass is 32.2. The molecule has 0 aliphatic heterocycles. The molecule has 0 saturated carbocycles. The van der Waals surface area contributed by atoms with Crippen LogP contribution in [0.2, 0.25) is 0 Å². The summed E-state index contributed by atoms with van der Waals surface area (Å²) in [4.78, 5) is 14.5. The number of alkyl halides is 3. The smallest absolute Gasteiger partial charge is 0.404 e. The number of nitrogens with one attached hydrogen (secondary N) is 2. The van der Waals surface area contributed by atoms with Gasteiger partial charge in [-0.05, 0) is 12.1 Å². The summed E-state index contributed by atoms with van der Waals surface area (Å²) in [5.41, 5.74) is -1.24. The fourth-order valence-corrected chi connectivity index (χ4v) is 2.26. The Bertz CT molecular complexity index is 843. The monoisotopic (exact) mass is 322 g/mol. The Morgan fingerprint density at radius 3 is 2.52 bits per heavy atom. The quantitative estimate of drug-likeness (QED) is 0.902. The van der Waals surface area contributed by atoms with Crippen LogP contribution in [-0.4, -0.2) is 26.0 Å². The molecule has 0 aliphatic carbocycles. The summed E-state index contributed by atoms with van der Waals surface area (Å²) in [5, 5.41) is -0.134. The van der Waals surface area contributed by atoms with E-state index in [4.69, 9.17) is 0 Å². The van der Waals surface area contributed by atoms with E-state index in [0.717, 1.165) is 18.5 Å². The number of hydrogen-bond donors (Lipinski definition) is 2. The van der Waals surface area contributed by atoms with E-state index in [9.17, 15) is 26.4 Å². The molecule has 0 saturated heterocycles. The van der Waals surface area contributed by atoms with Gasteiger partial charge in [-0.2, -0.15) is 0 Å². The Morgan fingerprint density at radius 1 is 1.29 bits per heavy atom. The number of benzene rings is 1. The van der Waals surface area contributed by atoms with Crippen LogP contribution in [0.4, 0.5) is 18.9 Å². The van der Waals surface area contributed by atoms with Gasteiger partial charge in [0.15, 0.2) is 5.75 Å². The molecule has 0 atom stereocenters. The highest BCUT2D eigenvalue weighted by Crippen LogP contribution is 2.28. The van der Waals surface area contributed by atoms with Gasteiger partial charge in [-0.15, -0.1) is 13.2 Å². The molecule has 2 N–H and O–H groups in total. The molecule has 2 rings (SSSR count). The molecule has 0 aliphatic rings. The molecular weight excluding hydrogens is 313 g/mol. The summed E-state index contributed by atoms with van der Waals surface area (Å²) >= 11 is 0. The summed E-state index contributed by atoms with van der Waals surface area (Å²) in [6.07, 6.45) is -3.09. The topological polar surface area (TPSA) is 88.3 Å². The molecule has 0 amide bonds. The van der Waals surface area contributed by atoms with Crippen LogP contribution in [0.15, 0.2) is 29.2 Å². The van der Waals surface area contributed by atoms with Crippen LogP contribution in [0.1, 0.15) is 0 Å². The standard InChI is InChI=1S/C11H9F3N2O4S/c1-21(18,19)16-7-5-15-9-6(10(7)17)3-2-4-8(9)20-11(12,13)14/h2-5,16H,1H3,(H,15,17). The third kappa shape index (κ3) is 3.66. The van der Waals surface area contributed by atoms with E-state index in [2.05, 4.69) is 9.72 Å². The summed E-state index contributed by atoms with van der Waals surface area (Å²) in [7, 11) is -3.69. The number of ether oxygens (including phenoxy) is 1. The number of anilines is 1. The zero-order valence-electron chi connectivity index (χ0n) is 10.5. The number of hydrogen-bond acceptors (Lipinski definition) is 4. The molecule has 1 aromatic heterocycles. The molecule has 1 heterocycles. The van der Waals surface area contributed by atoms with E-state index in [-0.39, 0.29) is 16.6 Å². The Labute approximate surface area is 116 Å². The SMILES string of the molecule is CS(=O)(=O)Nc1c[nH]c2c(OC(F)(F)F)cccc2c1=O. The Hall–Kier alpha value is -2.23. The molecule has 0 radical (unpaired) electrons. The lowest BCUT2D eigenvalue weighted by atomic mass is 10.2. The minimum atomic E-state index is -4.91. The number of fused-ring (bicyclic) bond motifs is 1. The fraction of sp³-hybridized carbons (Fsp3) is 0.182. The lowest BCUT2D eigenvalue weighted by Crippen LogP contribution is -2.19. The van der Waals surface area contributed by atoms with Gasteiger partial charge >= 0.3 is 6.36 Å². The highest BCUT2D eigenvalue weighted by molar-refractivity contribution is 7.92. The van der Waals surface area contributed by atoms with Gasteiger partial charge in [0.05, 0.1) is 17.2 Å². The first-order chi connectivity index (χ1) is 9.57. The maximum Gasteiger partial charge on any atom is 0.573 e. The fourth-order valence-electron chi connectivity index (χ4n) is 1.71. The second-order valence-electron chi connectivity index (χ2n) is 4.13. The van der Waals surface area contributed by atoms with Crippen LogP contribution in [0, 0.1) is 0 Å². The Morgan fingerprint density at radius 2 is 1.95 bits per heavy atom. The van der Waals surface area contributed by atoms with E-state index >= 15 is 0 Å². The maximum atomic E-state index is 12.3. The molecule has 10 heteroatoms. The molecular formula is C11H9F3N2O4S. The van der Waals surface area contributed by atoms with Gasteiger partial charge in [0.2, 0.25) is 15.5 Å². The zero-order chi connectivity index (χ0) is 15.8. The third-order valence-electron chi connectivity index (χ3n) is 2.40. The van der Waals surface area contributed by atoms with Crippen molar-refractivity contribution in [3.63, 3.8) is 0 Å². The molecule has 0 fully saturated rings. The second kappa shape index (κ2) is 4.95. The normalized spacial score (nSPS) is 12.4. The van der Waals surface area contributed by atoms with E-state index in [1.54, 1.807) is 0 Å². The van der Waals surface area contributed by atoms with Crippen LogP contribution in [0.5, 0.6) is 5.75 Å². The molecule has 2 aromatic rings. The first kappa shape index (κ1) is 15.2. The molecule has 6 nitrogen and oxygen atoms in total. The second-order valence-corrected chi connectivity index (χ2v) is 5.88. The molecule has 1 aromatic carbocycles. The minimum Gasteiger partial charge on any atom is -0.404 e. The van der Waals surface area contributed by atoms with Crippen LogP contribution < -0.4 is 14.9 Å². The van der Waals surface area contributed by atoms with Crippen molar-refractivity contribution in [3.8, 4) is 5.75 Å². The Kier molecular flexibility index (Phi) is 3.58. The van der Waals surface area contributed by atoms with Gasteiger partial charge in [-0.25, -0.2) is 8.42 Å². The molecule has 0 bridgehead atoms. The predicted octanol–water partition coefficient (Wildman–Crippen LogP) is 1.80. The van der Waals surface area contributed by atoms with Crippen molar-refractivity contribution in [1.82, 2.24) is 4.98 Å². The molecule has 0 spiro atoms. The van der Waals surface area contributed by atoms with Crippen molar-refractivity contribution in [1.29, 1.82) is 0 Å². The number of halogens is 3. The van der Waals surface area contributed by atoms with E-state index < -0.39 is 27.6 Å². The third-order valence-corrected chi connectivity index (χ3v) is 2.99. The summed E-state index contributed by atoms with van der Waals surface area (Å²) < 4.78 is 64.8. The van der Waals surface area contributed by atoms with Gasteiger partial charge in [0, 0.05) is 6.20 Å². The van der Waals surface area contributed by atoms with Gasteiger partial charge < -0.3 is 9.72 Å². The van der Waals surface area contributed by atoms with Crippen molar-refractivity contribution in [2.45, 2.75) is 6.36 Å². The first-order valence-electron chi connectivity index (χ1n) is 5.45. The van der Waals surface area contributed by atoms with Gasteiger partial charge in [0.1, 0.15) is 5.69 Å². The van der Waals surface area contributed by atoms with Crippen molar-refractivity contribution >= 4 is 26.6 Å². The lowest BCUT2D eigenvalue weighted by Gasteiger charge is -2.11. The number of sulfonamides is 1. The van der Waals surface area contributed by atoms with Crippen molar-refractivity contribution < 1.29 is 26.3 Å². The summed E-state index contributed by atoms with van der Waals surface area (Å²) in [6, 6.07) is 3.49. The van der Waals surface area contributed by atoms with Crippen LogP contribution >= 0.6 is 0 Å². The highest BCUT2D eigenvalue weighted by Gasteiger charge is 2.32. The summed E-state index contributed by atoms with van der Waals surface area (Å²) in [6.45, 7) is 0. The van der Waals surface area contributed by atoms with E-state index in [0.29, 0.717) is 0 Å². The van der Waals surface area contributed by atoms with E-state index in [1.807, 2.05) is 4.72 Å². The van der Waals surface area contributed by atoms with Crippen LogP contribution in [0.25, 0.3) is 10.9 Å². The van der Waals surface area contributed by atoms with Gasteiger partial charge in [0.25, 0.3) is 0 Å². The maximum absolute atomic E-state index is 12.3. The van der Waals surface area contributed by atoms with Crippen molar-refractivity contribution in [3.05, 3.63) is 34.6 Å². The lowest BCUT2D eigenvalue weighted by molar-refractivity contribution is -0.274. The van der Waals surface area contributed by atoms with Crippen LogP contribution in [-0.2, 0) is 10.0 Å². The number of pyridine rings is 1. The molecule has 21 heavy (non-hydrogen) atoms. The number of para-hydroxylation sites is 1. The average molecular weight is 322 g/mol. The van der Waals surface area contributed by atoms with Gasteiger partial charge in [-0.1, -0.05) is 6.07 Å². The Balaban J connectivity index is 2.60. The largest absolute Gasteiger partial charge is 0.573 e. The van der Waals surface area contributed by atoms with Crippen LogP contribution in [0.3, 0.4) is 0 Å². The summed E-state index contributed by atoms with van der Waals surface area (Å²) in [5.74, 6) is -0.581. The molecule has 114 valence electrons. The van der Waals surface area contributed by atoms with Gasteiger partial charge in [-0.3, -0.25) is 9.52 Å². The molecule has 0 unspecified atom stereocenters. The van der Waals surface area contributed by atoms with E-state index in [1.165, 1.54) is 12.1 Å².